The van der Waals surface area contributed by atoms with Gasteiger partial charge in [-0.2, -0.15) is 0 Å². The predicted octanol–water partition coefficient (Wildman–Crippen LogP) is 1.20. The van der Waals surface area contributed by atoms with E-state index in [1.54, 1.807) is 12.1 Å². The number of pyridine rings is 1. The highest BCUT2D eigenvalue weighted by atomic mass is 16.5. The summed E-state index contributed by atoms with van der Waals surface area (Å²) in [5, 5.41) is 11.7. The lowest BCUT2D eigenvalue weighted by atomic mass is 10.1. The van der Waals surface area contributed by atoms with E-state index >= 15 is 0 Å². The topological polar surface area (TPSA) is 53.2 Å². The third kappa shape index (κ3) is 3.43. The van der Waals surface area contributed by atoms with Crippen LogP contribution in [-0.4, -0.2) is 11.1 Å². The van der Waals surface area contributed by atoms with Crippen molar-refractivity contribution in [3.8, 4) is 0 Å². The molecule has 0 aromatic carbocycles. The summed E-state index contributed by atoms with van der Waals surface area (Å²) in [5.74, 6) is 0.345. The van der Waals surface area contributed by atoms with Crippen molar-refractivity contribution in [2.75, 3.05) is 5.32 Å². The first-order chi connectivity index (χ1) is 6.58. The number of rotatable bonds is 3. The van der Waals surface area contributed by atoms with Gasteiger partial charge >= 0.3 is 0 Å². The standard InChI is InChI=1S/C10H14N2O2/c1-8(2)7-10(13)11-9-3-5-12(14)6-4-9/h3-6,8,14H,7H2,1-2H3/p+1. The lowest BCUT2D eigenvalue weighted by molar-refractivity contribution is -0.904. The molecule has 0 bridgehead atoms. The fraction of sp³-hybridized carbons (Fsp3) is 0.400. The van der Waals surface area contributed by atoms with Crippen LogP contribution in [0.25, 0.3) is 0 Å². The zero-order valence-corrected chi connectivity index (χ0v) is 8.40. The number of carbonyl (C=O) groups excluding carboxylic acids is 1. The molecule has 4 heteroatoms. The van der Waals surface area contributed by atoms with Crippen molar-refractivity contribution >= 4 is 11.6 Å². The van der Waals surface area contributed by atoms with E-state index in [0.717, 1.165) is 4.73 Å². The molecule has 0 fully saturated rings. The van der Waals surface area contributed by atoms with Gasteiger partial charge in [0.15, 0.2) is 0 Å². The lowest BCUT2D eigenvalue weighted by Gasteiger charge is -2.05. The highest BCUT2D eigenvalue weighted by Gasteiger charge is 2.05. The summed E-state index contributed by atoms with van der Waals surface area (Å²) in [5.41, 5.74) is 0.695. The molecule has 0 saturated heterocycles. The number of nitrogens with zero attached hydrogens (tertiary/aromatic N) is 1. The second-order valence-electron chi connectivity index (χ2n) is 3.61. The fourth-order valence-corrected chi connectivity index (χ4v) is 1.08. The number of hydrogen-bond donors (Lipinski definition) is 2. The van der Waals surface area contributed by atoms with Crippen LogP contribution in [0.2, 0.25) is 0 Å². The van der Waals surface area contributed by atoms with Crippen LogP contribution in [-0.2, 0) is 4.79 Å². The first-order valence-electron chi connectivity index (χ1n) is 4.58. The van der Waals surface area contributed by atoms with Gasteiger partial charge in [0.25, 0.3) is 0 Å². The molecule has 0 saturated carbocycles. The Balaban J connectivity index is 2.52. The second kappa shape index (κ2) is 4.60. The van der Waals surface area contributed by atoms with E-state index in [1.165, 1.54) is 12.4 Å². The van der Waals surface area contributed by atoms with Crippen LogP contribution in [0.1, 0.15) is 20.3 Å². The summed E-state index contributed by atoms with van der Waals surface area (Å²) in [6, 6.07) is 3.27. The average Bonchev–Trinajstić information content (AvgIpc) is 2.07. The van der Waals surface area contributed by atoms with Crippen LogP contribution in [0.4, 0.5) is 5.69 Å². The van der Waals surface area contributed by atoms with Gasteiger partial charge in [0, 0.05) is 23.3 Å². The summed E-state index contributed by atoms with van der Waals surface area (Å²) in [4.78, 5) is 11.3. The molecular formula is C10H15N2O2+. The Morgan fingerprint density at radius 1 is 1.50 bits per heavy atom. The summed E-state index contributed by atoms with van der Waals surface area (Å²) < 4.78 is 0.929. The van der Waals surface area contributed by atoms with Gasteiger partial charge < -0.3 is 5.32 Å². The van der Waals surface area contributed by atoms with E-state index in [9.17, 15) is 4.79 Å². The maximum Gasteiger partial charge on any atom is 0.224 e. The van der Waals surface area contributed by atoms with Crippen LogP contribution < -0.4 is 10.0 Å². The molecule has 0 radical (unpaired) electrons. The maximum atomic E-state index is 11.3. The Labute approximate surface area is 83.1 Å². The van der Waals surface area contributed by atoms with E-state index in [4.69, 9.17) is 5.21 Å². The van der Waals surface area contributed by atoms with Crippen molar-refractivity contribution in [1.29, 1.82) is 0 Å². The largest absolute Gasteiger partial charge is 0.326 e. The van der Waals surface area contributed by atoms with Gasteiger partial charge in [-0.1, -0.05) is 13.8 Å². The zero-order valence-electron chi connectivity index (χ0n) is 8.40. The number of nitrogens with one attached hydrogen (secondary N) is 1. The monoisotopic (exact) mass is 195 g/mol. The molecule has 0 aliphatic carbocycles. The number of aromatic nitrogens is 1. The Morgan fingerprint density at radius 2 is 2.07 bits per heavy atom. The average molecular weight is 195 g/mol. The molecule has 0 aliphatic rings. The van der Waals surface area contributed by atoms with E-state index in [0.29, 0.717) is 18.0 Å². The van der Waals surface area contributed by atoms with E-state index < -0.39 is 0 Å². The van der Waals surface area contributed by atoms with E-state index in [2.05, 4.69) is 5.32 Å². The molecule has 1 aromatic rings. The maximum absolute atomic E-state index is 11.3. The van der Waals surface area contributed by atoms with Crippen molar-refractivity contribution in [3.05, 3.63) is 24.5 Å². The van der Waals surface area contributed by atoms with Crippen LogP contribution >= 0.6 is 0 Å². The third-order valence-electron chi connectivity index (χ3n) is 1.69. The van der Waals surface area contributed by atoms with Gasteiger partial charge in [0.1, 0.15) is 0 Å². The van der Waals surface area contributed by atoms with Gasteiger partial charge in [0.2, 0.25) is 18.3 Å². The number of carbonyl (C=O) groups is 1. The van der Waals surface area contributed by atoms with Crippen molar-refractivity contribution < 1.29 is 14.7 Å². The van der Waals surface area contributed by atoms with Gasteiger partial charge in [-0.3, -0.25) is 10.0 Å². The van der Waals surface area contributed by atoms with Crippen LogP contribution in [0.3, 0.4) is 0 Å². The molecule has 1 aromatic heterocycles. The SMILES string of the molecule is CC(C)CC(=O)Nc1cc[n+](O)cc1. The molecule has 0 spiro atoms. The van der Waals surface area contributed by atoms with Gasteiger partial charge in [-0.25, -0.2) is 0 Å². The highest BCUT2D eigenvalue weighted by molar-refractivity contribution is 5.90. The van der Waals surface area contributed by atoms with Crippen molar-refractivity contribution in [1.82, 2.24) is 0 Å². The molecule has 0 aliphatic heterocycles. The Morgan fingerprint density at radius 3 is 2.57 bits per heavy atom. The molecule has 14 heavy (non-hydrogen) atoms. The lowest BCUT2D eigenvalue weighted by Crippen LogP contribution is -2.28. The summed E-state index contributed by atoms with van der Waals surface area (Å²) in [6.45, 7) is 3.98. The predicted molar refractivity (Wildman–Crippen MR) is 51.9 cm³/mol. The van der Waals surface area contributed by atoms with Crippen molar-refractivity contribution in [2.24, 2.45) is 5.92 Å². The molecule has 1 amide bonds. The number of anilines is 1. The van der Waals surface area contributed by atoms with E-state index in [-0.39, 0.29) is 5.91 Å². The van der Waals surface area contributed by atoms with Crippen LogP contribution in [0.15, 0.2) is 24.5 Å². The Hall–Kier alpha value is -1.58. The molecule has 0 atom stereocenters. The van der Waals surface area contributed by atoms with E-state index in [1.807, 2.05) is 13.8 Å². The van der Waals surface area contributed by atoms with Crippen molar-refractivity contribution in [2.45, 2.75) is 20.3 Å². The molecule has 0 unspecified atom stereocenters. The normalized spacial score (nSPS) is 10.2. The highest BCUT2D eigenvalue weighted by Crippen LogP contribution is 2.06. The first-order valence-corrected chi connectivity index (χ1v) is 4.58. The minimum Gasteiger partial charge on any atom is -0.326 e. The van der Waals surface area contributed by atoms with Gasteiger partial charge in [-0.05, 0) is 5.92 Å². The summed E-state index contributed by atoms with van der Waals surface area (Å²) >= 11 is 0. The molecule has 1 heterocycles. The Kier molecular flexibility index (Phi) is 3.45. The molecule has 2 N–H and O–H groups in total. The molecule has 76 valence electrons. The quantitative estimate of drug-likeness (QED) is 0.562. The molecule has 1 rings (SSSR count). The molecule has 4 nitrogen and oxygen atoms in total. The summed E-state index contributed by atoms with van der Waals surface area (Å²) in [6.07, 6.45) is 3.43. The minimum absolute atomic E-state index is 0.00399. The first kappa shape index (κ1) is 10.5. The zero-order chi connectivity index (χ0) is 10.6. The Bertz CT molecular complexity index is 306. The van der Waals surface area contributed by atoms with Gasteiger partial charge in [0.05, 0.1) is 5.69 Å². The molecular weight excluding hydrogens is 180 g/mol. The number of hydrogen-bond acceptors (Lipinski definition) is 2. The second-order valence-corrected chi connectivity index (χ2v) is 3.61. The van der Waals surface area contributed by atoms with Crippen LogP contribution in [0, 0.1) is 5.92 Å². The third-order valence-corrected chi connectivity index (χ3v) is 1.69. The summed E-state index contributed by atoms with van der Waals surface area (Å²) in [7, 11) is 0. The fourth-order valence-electron chi connectivity index (χ4n) is 1.08. The van der Waals surface area contributed by atoms with Crippen LogP contribution in [0.5, 0.6) is 0 Å². The smallest absolute Gasteiger partial charge is 0.224 e. The van der Waals surface area contributed by atoms with Crippen molar-refractivity contribution in [3.63, 3.8) is 0 Å². The minimum atomic E-state index is -0.00399. The van der Waals surface area contributed by atoms with Gasteiger partial charge in [-0.15, -0.1) is 0 Å². The number of amides is 1.